The molecular formula is C96H117N3. The molecule has 0 fully saturated rings. The Morgan fingerprint density at radius 2 is 0.323 bits per heavy atom. The van der Waals surface area contributed by atoms with Crippen molar-refractivity contribution in [3.8, 4) is 0 Å². The minimum Gasteiger partial charge on any atom is -0.340 e. The molecule has 3 heterocycles. The Morgan fingerprint density at radius 1 is 0.182 bits per heavy atom. The van der Waals surface area contributed by atoms with Crippen LogP contribution >= 0.6 is 0 Å². The van der Waals surface area contributed by atoms with E-state index in [1.54, 1.807) is 0 Å². The van der Waals surface area contributed by atoms with Crippen LogP contribution in [-0.4, -0.2) is 13.7 Å². The molecule has 0 radical (unpaired) electrons. The largest absolute Gasteiger partial charge is 0.340 e. The summed E-state index contributed by atoms with van der Waals surface area (Å²) in [7, 11) is 0. The molecule has 10 aromatic rings. The van der Waals surface area contributed by atoms with E-state index in [1.165, 1.54) is 316 Å². The summed E-state index contributed by atoms with van der Waals surface area (Å²) >= 11 is 0. The summed E-state index contributed by atoms with van der Waals surface area (Å²) in [6, 6.07) is 80.6. The van der Waals surface area contributed by atoms with Gasteiger partial charge in [0.05, 0.1) is 0 Å². The van der Waals surface area contributed by atoms with Crippen LogP contribution in [0.3, 0.4) is 0 Å². The van der Waals surface area contributed by atoms with E-state index in [2.05, 4.69) is 216 Å². The zero-order valence-corrected chi connectivity index (χ0v) is 61.6. The molecule has 3 nitrogen and oxygen atoms in total. The van der Waals surface area contributed by atoms with Gasteiger partial charge in [-0.25, -0.2) is 0 Å². The van der Waals surface area contributed by atoms with Crippen LogP contribution in [0.5, 0.6) is 0 Å². The van der Waals surface area contributed by atoms with Crippen LogP contribution in [0.25, 0.3) is 97.7 Å². The van der Waals surface area contributed by atoms with E-state index in [1.807, 2.05) is 0 Å². The normalized spacial score (nSPS) is 11.3. The number of nitrogens with zero attached hydrogens (tertiary/aromatic N) is 3. The van der Waals surface area contributed by atoms with E-state index in [9.17, 15) is 0 Å². The molecule has 12 bridgehead atoms. The maximum Gasteiger partial charge on any atom is 0.0492 e. The van der Waals surface area contributed by atoms with Gasteiger partial charge in [0.15, 0.2) is 0 Å². The molecule has 10 rings (SSSR count). The second kappa shape index (κ2) is 42.2. The van der Waals surface area contributed by atoms with E-state index in [0.29, 0.717) is 0 Å². The van der Waals surface area contributed by atoms with Crippen molar-refractivity contribution in [3.05, 3.63) is 182 Å². The number of hydrogen-bond donors (Lipinski definition) is 0. The van der Waals surface area contributed by atoms with E-state index in [-0.39, 0.29) is 0 Å². The fourth-order valence-corrected chi connectivity index (χ4v) is 15.5. The zero-order valence-electron chi connectivity index (χ0n) is 61.6. The van der Waals surface area contributed by atoms with Crippen LogP contribution in [-0.2, 0) is 19.6 Å². The quantitative estimate of drug-likeness (QED) is 0.0338. The fourth-order valence-electron chi connectivity index (χ4n) is 15.5. The van der Waals surface area contributed by atoms with Crippen molar-refractivity contribution in [2.75, 3.05) is 0 Å². The van der Waals surface area contributed by atoms with Crippen LogP contribution < -0.4 is 0 Å². The zero-order chi connectivity index (χ0) is 68.2. The molecule has 3 heteroatoms. The van der Waals surface area contributed by atoms with Crippen LogP contribution in [0.1, 0.15) is 290 Å². The molecule has 0 aliphatic heterocycles. The van der Waals surface area contributed by atoms with E-state index >= 15 is 0 Å². The third-order valence-corrected chi connectivity index (χ3v) is 21.2. The van der Waals surface area contributed by atoms with Crippen LogP contribution in [0, 0.1) is 72.8 Å². The third-order valence-electron chi connectivity index (χ3n) is 21.2. The first-order valence-corrected chi connectivity index (χ1v) is 40.3. The molecule has 0 N–H and O–H groups in total. The number of fused-ring (bicyclic) bond motifs is 6. The molecule has 0 aliphatic carbocycles. The number of benzene rings is 6. The van der Waals surface area contributed by atoms with Crippen molar-refractivity contribution >= 4 is 97.7 Å². The van der Waals surface area contributed by atoms with Gasteiger partial charge in [-0.05, 0) is 165 Å². The summed E-state index contributed by atoms with van der Waals surface area (Å²) in [4.78, 5) is 0. The highest BCUT2D eigenvalue weighted by Crippen LogP contribution is 2.35. The topological polar surface area (TPSA) is 14.8 Å². The highest BCUT2D eigenvalue weighted by Gasteiger charge is 2.15. The van der Waals surface area contributed by atoms with Crippen molar-refractivity contribution < 1.29 is 0 Å². The Hall–Kier alpha value is -7.92. The standard InChI is InChI=1S/C96H117N3/c1-4-7-10-13-16-19-22-25-28-31-34-37-40-49-70-97-91-64-58-79-52-43-45-54-81-60-66-93-87(75-81)89-77-83(62-68-95(89)98(93)71-50-41-38-35-32-29-26-23-20-17-14-11-8-5-2)56-47-48-57-84-63-69-96-90(78-84)88-76-82(55-46-44-53-80-59-65-92(97)86(74-80)85(91)73-79)61-67-94(88)99(96)72-51-42-39-36-33-30-27-24-21-18-15-12-9-6-3/h58-69,73-78H,4-42,49-51,70-72H2,1-3H3. The van der Waals surface area contributed by atoms with Crippen LogP contribution in [0.4, 0.5) is 0 Å². The Bertz CT molecular complexity index is 3570. The average molecular weight is 1310 g/mol. The highest BCUT2D eigenvalue weighted by molar-refractivity contribution is 6.13. The van der Waals surface area contributed by atoms with Gasteiger partial charge < -0.3 is 13.7 Å². The number of aryl methyl sites for hydroxylation is 3. The molecule has 3 aromatic heterocycles. The molecular weight excluding hydrogens is 1200 g/mol. The van der Waals surface area contributed by atoms with Gasteiger partial charge in [0.1, 0.15) is 0 Å². The molecule has 516 valence electrons. The van der Waals surface area contributed by atoms with Gasteiger partial charge in [0.2, 0.25) is 0 Å². The van der Waals surface area contributed by atoms with Crippen molar-refractivity contribution in [2.24, 2.45) is 0 Å². The summed E-state index contributed by atoms with van der Waals surface area (Å²) in [5.41, 5.74) is 7.46. The first kappa shape index (κ1) is 73.8. The number of hydrogen-bond acceptors (Lipinski definition) is 0. The summed E-state index contributed by atoms with van der Waals surface area (Å²) in [6.07, 6.45) is 56.9. The molecule has 0 unspecified atom stereocenters. The molecule has 0 aliphatic rings. The molecule has 0 saturated heterocycles. The SMILES string of the molecule is CCCCCCCCCCCCCCCCn1c2ccc3c#cc#cc4ccc5c(c4)c4cc(c#cc#cc6ccc7c(c6)c6cc(c#cc#cc8ccc1c(c8)c2c3)ccc6n7CCCCCCCCCCCCCCCC)ccc4n5CCCCCCCCCCCCCCCC. The molecule has 0 amide bonds. The molecule has 0 saturated carbocycles. The van der Waals surface area contributed by atoms with Crippen molar-refractivity contribution in [2.45, 2.75) is 310 Å². The maximum absolute atomic E-state index is 3.45. The van der Waals surface area contributed by atoms with Crippen LogP contribution in [0.15, 0.2) is 109 Å². The number of aromatic nitrogens is 3. The Labute approximate surface area is 599 Å². The van der Waals surface area contributed by atoms with Gasteiger partial charge >= 0.3 is 0 Å². The summed E-state index contributed by atoms with van der Waals surface area (Å²) in [5.74, 6) is 0. The van der Waals surface area contributed by atoms with Gasteiger partial charge in [0.25, 0.3) is 0 Å². The lowest BCUT2D eigenvalue weighted by molar-refractivity contribution is 0.528. The predicted octanol–water partition coefficient (Wildman–Crippen LogP) is 28.9. The summed E-state index contributed by atoms with van der Waals surface area (Å²) in [6.45, 7) is 9.87. The highest BCUT2D eigenvalue weighted by atomic mass is 15.0. The van der Waals surface area contributed by atoms with Gasteiger partial charge in [0, 0.05) is 117 Å². The van der Waals surface area contributed by atoms with E-state index in [0.717, 1.165) is 71.2 Å². The summed E-state index contributed by atoms with van der Waals surface area (Å²) < 4.78 is 7.61. The minimum absolute atomic E-state index is 0.959. The van der Waals surface area contributed by atoms with E-state index in [4.69, 9.17) is 0 Å². The Balaban J connectivity index is 0.917. The van der Waals surface area contributed by atoms with Crippen molar-refractivity contribution in [1.29, 1.82) is 0 Å². The third kappa shape index (κ3) is 22.8. The van der Waals surface area contributed by atoms with E-state index < -0.39 is 0 Å². The Morgan fingerprint density at radius 3 is 0.475 bits per heavy atom. The second-order valence-electron chi connectivity index (χ2n) is 29.1. The first-order chi connectivity index (χ1) is 49.1. The molecule has 7 aromatic carbocycles. The lowest BCUT2D eigenvalue weighted by atomic mass is 10.0. The Kier molecular flexibility index (Phi) is 31.5. The van der Waals surface area contributed by atoms with Crippen molar-refractivity contribution in [3.63, 3.8) is 0 Å². The maximum atomic E-state index is 3.45. The van der Waals surface area contributed by atoms with Gasteiger partial charge in [-0.3, -0.25) is 0 Å². The minimum atomic E-state index is 0.959. The summed E-state index contributed by atoms with van der Waals surface area (Å²) in [5, 5.41) is 13.0. The molecule has 99 heavy (non-hydrogen) atoms. The number of rotatable bonds is 45. The van der Waals surface area contributed by atoms with Crippen molar-refractivity contribution in [1.82, 2.24) is 13.7 Å². The fraction of sp³-hybridized carbons (Fsp3) is 0.500. The van der Waals surface area contributed by atoms with Gasteiger partial charge in [-0.15, -0.1) is 0 Å². The van der Waals surface area contributed by atoms with Crippen LogP contribution in [0.2, 0.25) is 0 Å². The predicted molar refractivity (Wildman–Crippen MR) is 428 cm³/mol. The van der Waals surface area contributed by atoms with Gasteiger partial charge in [-0.1, -0.05) is 308 Å². The average Bonchev–Trinajstić information content (AvgIpc) is 1.63. The van der Waals surface area contributed by atoms with Gasteiger partial charge in [-0.2, -0.15) is 0 Å². The monoisotopic (exact) mass is 1310 g/mol. The molecule has 0 spiro atoms. The number of unbranched alkanes of at least 4 members (excludes halogenated alkanes) is 39. The second-order valence-corrected chi connectivity index (χ2v) is 29.1. The smallest absolute Gasteiger partial charge is 0.0492 e. The lowest BCUT2D eigenvalue weighted by Gasteiger charge is -2.08. The molecule has 0 atom stereocenters. The first-order valence-electron chi connectivity index (χ1n) is 40.3. The lowest BCUT2D eigenvalue weighted by Crippen LogP contribution is -1.97.